The first kappa shape index (κ1) is 17.3. The zero-order valence-electron chi connectivity index (χ0n) is 12.6. The molecule has 1 rings (SSSR count). The van der Waals surface area contributed by atoms with E-state index in [1.807, 2.05) is 20.8 Å². The molecular weight excluding hydrogens is 279 g/mol. The number of nitrogens with zero attached hydrogens (tertiary/aromatic N) is 1. The molecule has 1 unspecified atom stereocenters. The van der Waals surface area contributed by atoms with E-state index < -0.39 is 16.8 Å². The van der Waals surface area contributed by atoms with Crippen LogP contribution in [-0.2, 0) is 0 Å². The molecule has 0 aromatic heterocycles. The minimum absolute atomic E-state index is 0.0999. The fourth-order valence-electron chi connectivity index (χ4n) is 1.62. The molecule has 0 aliphatic rings. The lowest BCUT2D eigenvalue weighted by Gasteiger charge is -2.23. The zero-order valence-corrected chi connectivity index (χ0v) is 12.6. The van der Waals surface area contributed by atoms with Crippen molar-refractivity contribution >= 4 is 5.69 Å². The van der Waals surface area contributed by atoms with Crippen LogP contribution < -0.4 is 10.1 Å². The molecule has 118 valence electrons. The van der Waals surface area contributed by atoms with Gasteiger partial charge in [-0.1, -0.05) is 0 Å². The van der Waals surface area contributed by atoms with Crippen molar-refractivity contribution in [3.05, 3.63) is 33.6 Å². The largest absolute Gasteiger partial charge is 0.488 e. The number of halogens is 1. The van der Waals surface area contributed by atoms with Gasteiger partial charge in [0.05, 0.1) is 11.0 Å². The summed E-state index contributed by atoms with van der Waals surface area (Å²) >= 11 is 0. The predicted molar refractivity (Wildman–Crippen MR) is 77.0 cm³/mol. The molecule has 1 atom stereocenters. The fourth-order valence-corrected chi connectivity index (χ4v) is 1.62. The number of aliphatic hydroxyl groups excluding tert-OH is 1. The molecule has 0 spiro atoms. The summed E-state index contributed by atoms with van der Waals surface area (Å²) in [5.41, 5.74) is -0.135. The topological polar surface area (TPSA) is 84.6 Å². The van der Waals surface area contributed by atoms with Crippen molar-refractivity contribution < 1.29 is 19.2 Å². The number of hydrogen-bond acceptors (Lipinski definition) is 5. The zero-order chi connectivity index (χ0) is 16.2. The van der Waals surface area contributed by atoms with Crippen LogP contribution in [0.15, 0.2) is 12.1 Å². The molecule has 0 radical (unpaired) electrons. The summed E-state index contributed by atoms with van der Waals surface area (Å²) in [4.78, 5) is 10.0. The van der Waals surface area contributed by atoms with E-state index >= 15 is 0 Å². The van der Waals surface area contributed by atoms with Gasteiger partial charge in [-0.3, -0.25) is 10.1 Å². The van der Waals surface area contributed by atoms with Crippen molar-refractivity contribution in [1.82, 2.24) is 5.32 Å². The van der Waals surface area contributed by atoms with Gasteiger partial charge in [0.15, 0.2) is 11.6 Å². The third-order valence-corrected chi connectivity index (χ3v) is 2.75. The van der Waals surface area contributed by atoms with Crippen LogP contribution in [-0.4, -0.2) is 34.8 Å². The second-order valence-electron chi connectivity index (χ2n) is 5.92. The summed E-state index contributed by atoms with van der Waals surface area (Å²) < 4.78 is 18.9. The number of nitro benzene ring substituents is 1. The summed E-state index contributed by atoms with van der Waals surface area (Å²) in [5.74, 6) is -0.920. The lowest BCUT2D eigenvalue weighted by atomic mass is 10.1. The van der Waals surface area contributed by atoms with Gasteiger partial charge in [-0.15, -0.1) is 0 Å². The minimum Gasteiger partial charge on any atom is -0.488 e. The maximum absolute atomic E-state index is 13.7. The smallest absolute Gasteiger partial charge is 0.275 e. The summed E-state index contributed by atoms with van der Waals surface area (Å²) in [7, 11) is 0. The standard InChI is InChI=1S/C14H21FN2O4/c1-9-5-13(11(15)6-12(9)17(19)20)21-8-10(18)7-16-14(2,3)4/h5-6,10,16,18H,7-8H2,1-4H3. The Morgan fingerprint density at radius 2 is 2.10 bits per heavy atom. The Hall–Kier alpha value is -1.73. The average molecular weight is 300 g/mol. The van der Waals surface area contributed by atoms with E-state index in [0.717, 1.165) is 6.07 Å². The highest BCUT2D eigenvalue weighted by Gasteiger charge is 2.18. The van der Waals surface area contributed by atoms with Gasteiger partial charge in [-0.25, -0.2) is 4.39 Å². The third kappa shape index (κ3) is 5.65. The molecular formula is C14H21FN2O4. The van der Waals surface area contributed by atoms with E-state index in [1.165, 1.54) is 13.0 Å². The number of nitrogens with one attached hydrogen (secondary N) is 1. The van der Waals surface area contributed by atoms with Crippen LogP contribution >= 0.6 is 0 Å². The number of hydrogen-bond donors (Lipinski definition) is 2. The molecule has 0 amide bonds. The maximum Gasteiger partial charge on any atom is 0.275 e. The Bertz CT molecular complexity index is 514. The first-order chi connectivity index (χ1) is 9.60. The highest BCUT2D eigenvalue weighted by atomic mass is 19.1. The Kier molecular flexibility index (Phi) is 5.62. The molecule has 0 heterocycles. The summed E-state index contributed by atoms with van der Waals surface area (Å²) in [6.07, 6.45) is -0.806. The molecule has 1 aromatic rings. The number of rotatable bonds is 6. The average Bonchev–Trinajstić information content (AvgIpc) is 2.35. The van der Waals surface area contributed by atoms with Gasteiger partial charge in [0.25, 0.3) is 5.69 Å². The molecule has 7 heteroatoms. The van der Waals surface area contributed by atoms with Crippen molar-refractivity contribution in [2.75, 3.05) is 13.2 Å². The van der Waals surface area contributed by atoms with E-state index in [4.69, 9.17) is 4.74 Å². The van der Waals surface area contributed by atoms with Gasteiger partial charge in [-0.2, -0.15) is 0 Å². The van der Waals surface area contributed by atoms with Gasteiger partial charge >= 0.3 is 0 Å². The van der Waals surface area contributed by atoms with Crippen molar-refractivity contribution in [2.45, 2.75) is 39.3 Å². The quantitative estimate of drug-likeness (QED) is 0.621. The maximum atomic E-state index is 13.7. The number of aliphatic hydroxyl groups is 1. The first-order valence-corrected chi connectivity index (χ1v) is 6.60. The van der Waals surface area contributed by atoms with E-state index in [2.05, 4.69) is 5.32 Å². The van der Waals surface area contributed by atoms with Crippen LogP contribution in [0.3, 0.4) is 0 Å². The third-order valence-electron chi connectivity index (χ3n) is 2.75. The van der Waals surface area contributed by atoms with Crippen LogP contribution in [0.25, 0.3) is 0 Å². The first-order valence-electron chi connectivity index (χ1n) is 6.60. The predicted octanol–water partition coefficient (Wildman–Crippen LogP) is 2.17. The molecule has 0 fully saturated rings. The van der Waals surface area contributed by atoms with Crippen LogP contribution in [0.5, 0.6) is 5.75 Å². The van der Waals surface area contributed by atoms with E-state index in [1.54, 1.807) is 0 Å². The molecule has 1 aromatic carbocycles. The van der Waals surface area contributed by atoms with Crippen LogP contribution in [0, 0.1) is 22.9 Å². The minimum atomic E-state index is -0.816. The van der Waals surface area contributed by atoms with Gasteiger partial charge in [0.2, 0.25) is 0 Å². The Morgan fingerprint density at radius 1 is 1.48 bits per heavy atom. The monoisotopic (exact) mass is 300 g/mol. The summed E-state index contributed by atoms with van der Waals surface area (Å²) in [6.45, 7) is 7.58. The highest BCUT2D eigenvalue weighted by molar-refractivity contribution is 5.45. The highest BCUT2D eigenvalue weighted by Crippen LogP contribution is 2.27. The van der Waals surface area contributed by atoms with Gasteiger partial charge in [0.1, 0.15) is 12.7 Å². The summed E-state index contributed by atoms with van der Waals surface area (Å²) in [5, 5.41) is 23.5. The van der Waals surface area contributed by atoms with E-state index in [0.29, 0.717) is 12.1 Å². The van der Waals surface area contributed by atoms with Gasteiger partial charge in [-0.05, 0) is 33.8 Å². The molecule has 6 nitrogen and oxygen atoms in total. The van der Waals surface area contributed by atoms with Crippen LogP contribution in [0.2, 0.25) is 0 Å². The van der Waals surface area contributed by atoms with Crippen molar-refractivity contribution in [2.24, 2.45) is 0 Å². The molecule has 0 aliphatic heterocycles. The lowest BCUT2D eigenvalue weighted by Crippen LogP contribution is -2.42. The van der Waals surface area contributed by atoms with Crippen molar-refractivity contribution in [3.8, 4) is 5.75 Å². The van der Waals surface area contributed by atoms with Crippen LogP contribution in [0.4, 0.5) is 10.1 Å². The Labute approximate surface area is 123 Å². The van der Waals surface area contributed by atoms with Gasteiger partial charge < -0.3 is 15.2 Å². The van der Waals surface area contributed by atoms with E-state index in [-0.39, 0.29) is 23.6 Å². The molecule has 0 bridgehead atoms. The number of benzene rings is 1. The summed E-state index contributed by atoms with van der Waals surface area (Å²) in [6, 6.07) is 2.09. The Balaban J connectivity index is 2.64. The number of ether oxygens (including phenoxy) is 1. The van der Waals surface area contributed by atoms with E-state index in [9.17, 15) is 19.6 Å². The number of nitro groups is 1. The second kappa shape index (κ2) is 6.82. The van der Waals surface area contributed by atoms with Crippen molar-refractivity contribution in [3.63, 3.8) is 0 Å². The number of aryl methyl sites for hydroxylation is 1. The fraction of sp³-hybridized carbons (Fsp3) is 0.571. The Morgan fingerprint density at radius 3 is 2.62 bits per heavy atom. The molecule has 21 heavy (non-hydrogen) atoms. The normalized spacial score (nSPS) is 13.0. The molecule has 0 aliphatic carbocycles. The second-order valence-corrected chi connectivity index (χ2v) is 5.92. The number of β-amino-alcohol motifs (C(OH)–C–C–N with tert-alkyl or cyclic N) is 1. The van der Waals surface area contributed by atoms with Gasteiger partial charge in [0, 0.05) is 17.6 Å². The molecule has 0 saturated carbocycles. The SMILES string of the molecule is Cc1cc(OCC(O)CNC(C)(C)C)c(F)cc1[N+](=O)[O-]. The molecule has 2 N–H and O–H groups in total. The van der Waals surface area contributed by atoms with Crippen molar-refractivity contribution in [1.29, 1.82) is 0 Å². The lowest BCUT2D eigenvalue weighted by molar-refractivity contribution is -0.385. The van der Waals surface area contributed by atoms with Crippen LogP contribution in [0.1, 0.15) is 26.3 Å². The molecule has 0 saturated heterocycles.